The van der Waals surface area contributed by atoms with Crippen molar-refractivity contribution in [3.05, 3.63) is 23.9 Å². The monoisotopic (exact) mass is 193 g/mol. The van der Waals surface area contributed by atoms with Crippen LogP contribution >= 0.6 is 0 Å². The summed E-state index contributed by atoms with van der Waals surface area (Å²) in [7, 11) is 0. The lowest BCUT2D eigenvalue weighted by Crippen LogP contribution is -2.24. The molecule has 0 spiro atoms. The zero-order valence-electron chi connectivity index (χ0n) is 8.29. The third kappa shape index (κ3) is 3.14. The van der Waals surface area contributed by atoms with Gasteiger partial charge in [-0.25, -0.2) is 4.98 Å². The zero-order valence-corrected chi connectivity index (χ0v) is 8.29. The molecule has 0 radical (unpaired) electrons. The van der Waals surface area contributed by atoms with Gasteiger partial charge in [-0.3, -0.25) is 4.79 Å². The number of Topliss-reactive ketones (excluding diaryl/α,β-unsaturated/α-hetero) is 1. The van der Waals surface area contributed by atoms with Crippen LogP contribution in [0.5, 0.6) is 0 Å². The minimum Gasteiger partial charge on any atom is -0.383 e. The van der Waals surface area contributed by atoms with Gasteiger partial charge in [0.25, 0.3) is 0 Å². The van der Waals surface area contributed by atoms with E-state index >= 15 is 0 Å². The minimum atomic E-state index is 0.131. The summed E-state index contributed by atoms with van der Waals surface area (Å²) in [6.45, 7) is 3.16. The molecule has 0 atom stereocenters. The maximum absolute atomic E-state index is 11.4. The first-order chi connectivity index (χ1) is 6.74. The van der Waals surface area contributed by atoms with Crippen molar-refractivity contribution in [1.82, 2.24) is 10.3 Å². The summed E-state index contributed by atoms with van der Waals surface area (Å²) >= 11 is 0. The fourth-order valence-electron chi connectivity index (χ4n) is 1.14. The second kappa shape index (κ2) is 5.34. The van der Waals surface area contributed by atoms with Gasteiger partial charge in [-0.2, -0.15) is 0 Å². The highest BCUT2D eigenvalue weighted by atomic mass is 16.1. The Morgan fingerprint density at radius 3 is 3.07 bits per heavy atom. The van der Waals surface area contributed by atoms with Gasteiger partial charge in [-0.1, -0.05) is 13.0 Å². The molecule has 4 nitrogen and oxygen atoms in total. The average molecular weight is 193 g/mol. The third-order valence-electron chi connectivity index (χ3n) is 1.89. The number of hydrogen-bond acceptors (Lipinski definition) is 4. The Labute approximate surface area is 83.5 Å². The normalized spacial score (nSPS) is 10.1. The smallest absolute Gasteiger partial charge is 0.151 e. The van der Waals surface area contributed by atoms with Gasteiger partial charge >= 0.3 is 0 Å². The Morgan fingerprint density at radius 2 is 2.43 bits per heavy atom. The fraction of sp³-hybridized carbons (Fsp3) is 0.400. The Kier molecular flexibility index (Phi) is 4.07. The first-order valence-electron chi connectivity index (χ1n) is 4.65. The van der Waals surface area contributed by atoms with Gasteiger partial charge in [-0.05, 0) is 12.6 Å². The number of nitrogens with two attached hydrogens (primary N) is 1. The molecule has 0 bridgehead atoms. The van der Waals surface area contributed by atoms with Gasteiger partial charge in [0.15, 0.2) is 5.78 Å². The van der Waals surface area contributed by atoms with Gasteiger partial charge in [-0.15, -0.1) is 0 Å². The molecule has 0 fully saturated rings. The molecule has 0 aliphatic heterocycles. The second-order valence-electron chi connectivity index (χ2n) is 3.04. The van der Waals surface area contributed by atoms with Crippen molar-refractivity contribution in [2.24, 2.45) is 0 Å². The highest BCUT2D eigenvalue weighted by molar-refractivity contribution is 5.83. The Balaban J connectivity index is 2.52. The molecule has 0 aromatic carbocycles. The van der Waals surface area contributed by atoms with E-state index in [0.717, 1.165) is 12.1 Å². The topological polar surface area (TPSA) is 68.0 Å². The number of nitrogens with zero attached hydrogens (tertiary/aromatic N) is 1. The molecule has 14 heavy (non-hydrogen) atoms. The molecule has 0 saturated carbocycles. The van der Waals surface area contributed by atoms with Crippen LogP contribution in [0.15, 0.2) is 18.3 Å². The van der Waals surface area contributed by atoms with Crippen molar-refractivity contribution in [2.75, 3.05) is 18.8 Å². The van der Waals surface area contributed by atoms with Crippen LogP contribution in [0.4, 0.5) is 5.82 Å². The number of nitrogen functional groups attached to an aromatic ring is 1. The van der Waals surface area contributed by atoms with Gasteiger partial charge in [0.2, 0.25) is 0 Å². The molecule has 0 saturated heterocycles. The third-order valence-corrected chi connectivity index (χ3v) is 1.89. The van der Waals surface area contributed by atoms with Gasteiger partial charge < -0.3 is 11.1 Å². The lowest BCUT2D eigenvalue weighted by molar-refractivity contribution is -0.117. The van der Waals surface area contributed by atoms with Crippen molar-refractivity contribution in [2.45, 2.75) is 13.3 Å². The Morgan fingerprint density at radius 1 is 1.64 bits per heavy atom. The van der Waals surface area contributed by atoms with E-state index in [-0.39, 0.29) is 5.78 Å². The summed E-state index contributed by atoms with van der Waals surface area (Å²) in [6, 6.07) is 3.61. The number of carbonyl (C=O) groups is 1. The quantitative estimate of drug-likeness (QED) is 0.709. The molecule has 0 aliphatic carbocycles. The molecule has 1 rings (SSSR count). The molecular weight excluding hydrogens is 178 g/mol. The van der Waals surface area contributed by atoms with E-state index in [9.17, 15) is 4.79 Å². The number of nitrogens with one attached hydrogen (secondary N) is 1. The summed E-state index contributed by atoms with van der Waals surface area (Å²) in [4.78, 5) is 15.3. The second-order valence-corrected chi connectivity index (χ2v) is 3.04. The molecule has 1 aromatic rings. The standard InChI is InChI=1S/C10H15N3O/c1-2-12-7-9(14)6-8-4-3-5-13-10(8)11/h3-5,12H,2,6-7H2,1H3,(H2,11,13). The van der Waals surface area contributed by atoms with Crippen LogP contribution in [-0.4, -0.2) is 23.9 Å². The SMILES string of the molecule is CCNCC(=O)Cc1cccnc1N. The minimum absolute atomic E-state index is 0.131. The summed E-state index contributed by atoms with van der Waals surface area (Å²) < 4.78 is 0. The summed E-state index contributed by atoms with van der Waals surface area (Å²) in [5.74, 6) is 0.573. The van der Waals surface area contributed by atoms with E-state index in [1.54, 1.807) is 12.3 Å². The number of carbonyl (C=O) groups excluding carboxylic acids is 1. The zero-order chi connectivity index (χ0) is 10.4. The van der Waals surface area contributed by atoms with Crippen molar-refractivity contribution in [1.29, 1.82) is 0 Å². The molecule has 0 aliphatic rings. The molecule has 76 valence electrons. The summed E-state index contributed by atoms with van der Waals surface area (Å²) in [5.41, 5.74) is 6.42. The number of likely N-dealkylation sites (N-methyl/N-ethyl adjacent to an activating group) is 1. The van der Waals surface area contributed by atoms with E-state index in [1.807, 2.05) is 13.0 Å². The van der Waals surface area contributed by atoms with Crippen LogP contribution in [-0.2, 0) is 11.2 Å². The number of ketones is 1. The Bertz CT molecular complexity index is 312. The molecule has 3 N–H and O–H groups in total. The number of rotatable bonds is 5. The predicted molar refractivity (Wildman–Crippen MR) is 55.9 cm³/mol. The number of hydrogen-bond donors (Lipinski definition) is 2. The van der Waals surface area contributed by atoms with E-state index in [4.69, 9.17) is 5.73 Å². The summed E-state index contributed by atoms with van der Waals surface area (Å²) in [5, 5.41) is 2.98. The maximum Gasteiger partial charge on any atom is 0.151 e. The fourth-order valence-corrected chi connectivity index (χ4v) is 1.14. The molecule has 4 heteroatoms. The number of aromatic nitrogens is 1. The van der Waals surface area contributed by atoms with Gasteiger partial charge in [0.1, 0.15) is 5.82 Å². The van der Waals surface area contributed by atoms with Crippen LogP contribution in [0.3, 0.4) is 0 Å². The largest absolute Gasteiger partial charge is 0.383 e. The molecule has 1 aromatic heterocycles. The summed E-state index contributed by atoms with van der Waals surface area (Å²) in [6.07, 6.45) is 1.97. The van der Waals surface area contributed by atoms with Gasteiger partial charge in [0, 0.05) is 18.2 Å². The number of anilines is 1. The van der Waals surface area contributed by atoms with Crippen LogP contribution in [0.1, 0.15) is 12.5 Å². The van der Waals surface area contributed by atoms with E-state index in [2.05, 4.69) is 10.3 Å². The van der Waals surface area contributed by atoms with Crippen molar-refractivity contribution >= 4 is 11.6 Å². The molecule has 0 amide bonds. The Hall–Kier alpha value is -1.42. The lowest BCUT2D eigenvalue weighted by atomic mass is 10.1. The van der Waals surface area contributed by atoms with Crippen molar-refractivity contribution in [3.63, 3.8) is 0 Å². The van der Waals surface area contributed by atoms with Crippen LogP contribution in [0.25, 0.3) is 0 Å². The molecular formula is C10H15N3O. The van der Waals surface area contributed by atoms with Crippen molar-refractivity contribution in [3.8, 4) is 0 Å². The van der Waals surface area contributed by atoms with Crippen LogP contribution in [0.2, 0.25) is 0 Å². The lowest BCUT2D eigenvalue weighted by Gasteiger charge is -2.03. The highest BCUT2D eigenvalue weighted by Crippen LogP contribution is 2.07. The van der Waals surface area contributed by atoms with Gasteiger partial charge in [0.05, 0.1) is 6.54 Å². The highest BCUT2D eigenvalue weighted by Gasteiger charge is 2.05. The van der Waals surface area contributed by atoms with E-state index < -0.39 is 0 Å². The van der Waals surface area contributed by atoms with Crippen LogP contribution < -0.4 is 11.1 Å². The van der Waals surface area contributed by atoms with E-state index in [1.165, 1.54) is 0 Å². The van der Waals surface area contributed by atoms with Crippen molar-refractivity contribution < 1.29 is 4.79 Å². The van der Waals surface area contributed by atoms with E-state index in [0.29, 0.717) is 18.8 Å². The molecule has 1 heterocycles. The molecule has 0 unspecified atom stereocenters. The maximum atomic E-state index is 11.4. The first kappa shape index (κ1) is 10.7. The predicted octanol–water partition coefficient (Wildman–Crippen LogP) is 0.385. The first-order valence-corrected chi connectivity index (χ1v) is 4.65. The average Bonchev–Trinajstić information content (AvgIpc) is 2.18. The number of pyridine rings is 1. The van der Waals surface area contributed by atoms with Crippen LogP contribution in [0, 0.1) is 0 Å².